The molecule has 3 atom stereocenters. The first-order valence-corrected chi connectivity index (χ1v) is 8.96. The number of alkyl halides is 2. The van der Waals surface area contributed by atoms with E-state index in [9.17, 15) is 18.4 Å². The number of aromatic nitrogens is 2. The molecule has 144 valence electrons. The molecule has 1 saturated carbocycles. The summed E-state index contributed by atoms with van der Waals surface area (Å²) in [7, 11) is 0. The molecule has 2 heterocycles. The van der Waals surface area contributed by atoms with Crippen molar-refractivity contribution in [2.45, 2.75) is 50.7 Å². The number of carbonyl (C=O) groups excluding carboxylic acids is 1. The van der Waals surface area contributed by atoms with Gasteiger partial charge < -0.3 is 15.0 Å². The van der Waals surface area contributed by atoms with Crippen LogP contribution in [-0.2, 0) is 4.74 Å². The fourth-order valence-electron chi connectivity index (χ4n) is 3.71. The normalized spacial score (nSPS) is 26.2. The number of alkyl carbamates (subject to hydrolysis) is 1. The van der Waals surface area contributed by atoms with Gasteiger partial charge in [-0.25, -0.2) is 18.7 Å². The van der Waals surface area contributed by atoms with E-state index in [4.69, 9.17) is 16.3 Å². The molecule has 26 heavy (non-hydrogen) atoms. The molecule has 0 radical (unpaired) electrons. The van der Waals surface area contributed by atoms with Crippen LogP contribution in [0.2, 0.25) is 5.02 Å². The molecule has 0 spiro atoms. The fourth-order valence-corrected chi connectivity index (χ4v) is 3.92. The minimum absolute atomic E-state index is 0.0316. The Kier molecular flexibility index (Phi) is 5.36. The number of ether oxygens (including phenoxy) is 1. The van der Waals surface area contributed by atoms with E-state index in [-0.39, 0.29) is 5.02 Å². The van der Waals surface area contributed by atoms with Crippen LogP contribution >= 0.6 is 11.6 Å². The Labute approximate surface area is 154 Å². The van der Waals surface area contributed by atoms with Crippen LogP contribution in [0.3, 0.4) is 0 Å². The van der Waals surface area contributed by atoms with Gasteiger partial charge in [0.05, 0.1) is 18.4 Å². The number of rotatable bonds is 4. The lowest BCUT2D eigenvalue weighted by atomic mass is 9.97. The fraction of sp³-hybridized carbons (Fsp3) is 0.688. The second kappa shape index (κ2) is 7.38. The molecule has 1 amide bonds. The van der Waals surface area contributed by atoms with Crippen LogP contribution in [0.1, 0.15) is 32.6 Å². The molecular weight excluding hydrogens is 370 g/mol. The Hall–Kier alpha value is -1.90. The number of hydrogen-bond acceptors (Lipinski definition) is 5. The van der Waals surface area contributed by atoms with Crippen LogP contribution in [0.5, 0.6) is 0 Å². The number of carbonyl (C=O) groups is 1. The highest BCUT2D eigenvalue weighted by Crippen LogP contribution is 2.37. The molecule has 2 fully saturated rings. The third kappa shape index (κ3) is 4.08. The minimum Gasteiger partial charge on any atom is -0.444 e. The zero-order valence-corrected chi connectivity index (χ0v) is 15.1. The maximum absolute atomic E-state index is 13.6. The molecule has 1 aliphatic heterocycles. The van der Waals surface area contributed by atoms with E-state index in [1.807, 2.05) is 0 Å². The highest BCUT2D eigenvalue weighted by atomic mass is 35.5. The SMILES string of the molecule is CC(F)(F)[C@@H]1CCC[C@H]1NC(=O)O[C@@H]1CCN(c2cn[nH]c(=O)c2Cl)C1. The van der Waals surface area contributed by atoms with Crippen molar-refractivity contribution in [3.63, 3.8) is 0 Å². The summed E-state index contributed by atoms with van der Waals surface area (Å²) in [6.45, 7) is 1.79. The number of amides is 1. The molecule has 1 aliphatic carbocycles. The van der Waals surface area contributed by atoms with Gasteiger partial charge in [0.15, 0.2) is 0 Å². The molecule has 2 aliphatic rings. The second-order valence-electron chi connectivity index (χ2n) is 6.90. The molecule has 1 saturated heterocycles. The maximum Gasteiger partial charge on any atom is 0.407 e. The smallest absolute Gasteiger partial charge is 0.407 e. The quantitative estimate of drug-likeness (QED) is 0.825. The Morgan fingerprint density at radius 2 is 2.23 bits per heavy atom. The number of H-pyrrole nitrogens is 1. The van der Waals surface area contributed by atoms with Gasteiger partial charge >= 0.3 is 6.09 Å². The van der Waals surface area contributed by atoms with Gasteiger partial charge in [-0.2, -0.15) is 5.10 Å². The summed E-state index contributed by atoms with van der Waals surface area (Å²) >= 11 is 5.98. The van der Waals surface area contributed by atoms with Crippen molar-refractivity contribution in [3.8, 4) is 0 Å². The average Bonchev–Trinajstić information content (AvgIpc) is 3.19. The molecule has 0 aromatic carbocycles. The summed E-state index contributed by atoms with van der Waals surface area (Å²) in [5, 5.41) is 8.58. The van der Waals surface area contributed by atoms with Crippen molar-refractivity contribution in [1.82, 2.24) is 15.5 Å². The maximum atomic E-state index is 13.6. The highest BCUT2D eigenvalue weighted by molar-refractivity contribution is 6.33. The van der Waals surface area contributed by atoms with Crippen molar-refractivity contribution in [1.29, 1.82) is 0 Å². The largest absolute Gasteiger partial charge is 0.444 e. The van der Waals surface area contributed by atoms with Crippen LogP contribution in [0.25, 0.3) is 0 Å². The van der Waals surface area contributed by atoms with Gasteiger partial charge in [-0.3, -0.25) is 4.79 Å². The number of aromatic amines is 1. The topological polar surface area (TPSA) is 87.3 Å². The number of anilines is 1. The Morgan fingerprint density at radius 3 is 2.96 bits per heavy atom. The van der Waals surface area contributed by atoms with Crippen LogP contribution < -0.4 is 15.8 Å². The zero-order valence-electron chi connectivity index (χ0n) is 14.3. The summed E-state index contributed by atoms with van der Waals surface area (Å²) < 4.78 is 32.6. The van der Waals surface area contributed by atoms with Gasteiger partial charge in [0, 0.05) is 24.9 Å². The molecular formula is C16H21ClF2N4O3. The molecule has 1 aromatic heterocycles. The van der Waals surface area contributed by atoms with Gasteiger partial charge in [-0.15, -0.1) is 0 Å². The van der Waals surface area contributed by atoms with Crippen molar-refractivity contribution >= 4 is 23.4 Å². The molecule has 7 nitrogen and oxygen atoms in total. The lowest BCUT2D eigenvalue weighted by Crippen LogP contribution is -2.44. The van der Waals surface area contributed by atoms with Gasteiger partial charge in [0.25, 0.3) is 5.56 Å². The van der Waals surface area contributed by atoms with Crippen LogP contribution in [0, 0.1) is 5.92 Å². The summed E-state index contributed by atoms with van der Waals surface area (Å²) in [5.74, 6) is -3.70. The lowest BCUT2D eigenvalue weighted by molar-refractivity contribution is -0.0461. The molecule has 0 bridgehead atoms. The Bertz CT molecular complexity index is 724. The number of nitrogens with one attached hydrogen (secondary N) is 2. The summed E-state index contributed by atoms with van der Waals surface area (Å²) in [5.41, 5.74) is -0.0116. The number of hydrogen-bond donors (Lipinski definition) is 2. The van der Waals surface area contributed by atoms with E-state index in [1.54, 1.807) is 4.90 Å². The summed E-state index contributed by atoms with van der Waals surface area (Å²) in [6.07, 6.45) is 2.46. The van der Waals surface area contributed by atoms with Crippen LogP contribution in [0.4, 0.5) is 19.3 Å². The first-order valence-electron chi connectivity index (χ1n) is 8.59. The first-order chi connectivity index (χ1) is 12.3. The van der Waals surface area contributed by atoms with Crippen molar-refractivity contribution < 1.29 is 18.3 Å². The van der Waals surface area contributed by atoms with E-state index in [1.165, 1.54) is 6.20 Å². The predicted octanol–water partition coefficient (Wildman–Crippen LogP) is 2.55. The van der Waals surface area contributed by atoms with Crippen molar-refractivity contribution in [2.75, 3.05) is 18.0 Å². The van der Waals surface area contributed by atoms with E-state index in [0.717, 1.165) is 6.92 Å². The highest BCUT2D eigenvalue weighted by Gasteiger charge is 2.43. The van der Waals surface area contributed by atoms with Crippen molar-refractivity contribution in [2.24, 2.45) is 5.92 Å². The minimum atomic E-state index is -2.83. The Balaban J connectivity index is 1.55. The van der Waals surface area contributed by atoms with E-state index in [2.05, 4.69) is 15.5 Å². The number of halogens is 3. The molecule has 2 N–H and O–H groups in total. The third-order valence-corrected chi connectivity index (χ3v) is 5.37. The number of nitrogens with zero attached hydrogens (tertiary/aromatic N) is 2. The summed E-state index contributed by atoms with van der Waals surface area (Å²) in [6, 6.07) is -0.577. The van der Waals surface area contributed by atoms with Gasteiger partial charge in [0.2, 0.25) is 5.92 Å². The molecule has 1 aromatic rings. The van der Waals surface area contributed by atoms with E-state index < -0.39 is 35.6 Å². The lowest BCUT2D eigenvalue weighted by Gasteiger charge is -2.26. The van der Waals surface area contributed by atoms with Gasteiger partial charge in [0.1, 0.15) is 11.1 Å². The second-order valence-corrected chi connectivity index (χ2v) is 7.28. The van der Waals surface area contributed by atoms with E-state index >= 15 is 0 Å². The zero-order chi connectivity index (χ0) is 18.9. The van der Waals surface area contributed by atoms with E-state index in [0.29, 0.717) is 44.5 Å². The van der Waals surface area contributed by atoms with Gasteiger partial charge in [-0.05, 0) is 19.8 Å². The standard InChI is InChI=1S/C16H21ClF2N4O3/c1-16(18,19)10-3-2-4-11(10)21-15(25)26-9-5-6-23(8-9)12-7-20-22-14(24)13(12)17/h7,9-11H,2-6,8H2,1H3,(H,21,25)(H,22,24)/t9-,10-,11-/m1/s1. The Morgan fingerprint density at radius 1 is 1.46 bits per heavy atom. The van der Waals surface area contributed by atoms with Crippen LogP contribution in [0.15, 0.2) is 11.0 Å². The third-order valence-electron chi connectivity index (χ3n) is 5.01. The predicted molar refractivity (Wildman–Crippen MR) is 91.9 cm³/mol. The first kappa shape index (κ1) is 18.9. The monoisotopic (exact) mass is 390 g/mol. The molecule has 3 rings (SSSR count). The van der Waals surface area contributed by atoms with Crippen molar-refractivity contribution in [3.05, 3.63) is 21.6 Å². The van der Waals surface area contributed by atoms with Gasteiger partial charge in [-0.1, -0.05) is 18.0 Å². The summed E-state index contributed by atoms with van der Waals surface area (Å²) in [4.78, 5) is 25.4. The van der Waals surface area contributed by atoms with Crippen LogP contribution in [-0.4, -0.2) is 47.4 Å². The molecule has 0 unspecified atom stereocenters. The average molecular weight is 391 g/mol. The molecule has 10 heteroatoms.